The predicted octanol–water partition coefficient (Wildman–Crippen LogP) is 3.07. The number of nitrogens with one attached hydrogen (secondary N) is 1. The van der Waals surface area contributed by atoms with Gasteiger partial charge in [0.1, 0.15) is 0 Å². The maximum atomic E-state index is 12.7. The first-order chi connectivity index (χ1) is 9.99. The van der Waals surface area contributed by atoms with Gasteiger partial charge in [-0.2, -0.15) is 0 Å². The maximum absolute atomic E-state index is 12.7. The van der Waals surface area contributed by atoms with Gasteiger partial charge in [0.15, 0.2) is 0 Å². The van der Waals surface area contributed by atoms with Crippen molar-refractivity contribution in [3.63, 3.8) is 0 Å². The maximum Gasteiger partial charge on any atom is 0.226 e. The number of hydrogen-bond donors (Lipinski definition) is 1. The molecule has 6 unspecified atom stereocenters. The lowest BCUT2D eigenvalue weighted by Crippen LogP contribution is -2.40. The van der Waals surface area contributed by atoms with Gasteiger partial charge in [-0.1, -0.05) is 31.2 Å². The third-order valence-corrected chi connectivity index (χ3v) is 5.42. The molecule has 114 valence electrons. The van der Waals surface area contributed by atoms with Crippen LogP contribution in [0.1, 0.15) is 37.9 Å². The minimum absolute atomic E-state index is 0.0413. The van der Waals surface area contributed by atoms with Crippen LogP contribution in [-0.4, -0.2) is 23.5 Å². The van der Waals surface area contributed by atoms with Crippen LogP contribution < -0.4 is 5.32 Å². The van der Waals surface area contributed by atoms with E-state index in [1.54, 1.807) is 0 Å². The van der Waals surface area contributed by atoms with Crippen molar-refractivity contribution >= 4 is 17.5 Å². The summed E-state index contributed by atoms with van der Waals surface area (Å²) >= 11 is 6.45. The average Bonchev–Trinajstić information content (AvgIpc) is 2.88. The fourth-order valence-corrected chi connectivity index (χ4v) is 4.05. The van der Waals surface area contributed by atoms with Crippen molar-refractivity contribution in [3.05, 3.63) is 35.4 Å². The van der Waals surface area contributed by atoms with E-state index in [1.807, 2.05) is 26.0 Å². The van der Waals surface area contributed by atoms with Gasteiger partial charge in [-0.3, -0.25) is 4.79 Å². The van der Waals surface area contributed by atoms with Crippen molar-refractivity contribution in [2.75, 3.05) is 0 Å². The van der Waals surface area contributed by atoms with Crippen molar-refractivity contribution in [1.29, 1.82) is 0 Å². The third-order valence-electron chi connectivity index (χ3n) is 5.01. The zero-order chi connectivity index (χ0) is 15.1. The number of fused-ring (bicyclic) bond motifs is 1. The van der Waals surface area contributed by atoms with Crippen LogP contribution in [0, 0.1) is 11.8 Å². The zero-order valence-electron chi connectivity index (χ0n) is 12.7. The monoisotopic (exact) mass is 307 g/mol. The van der Waals surface area contributed by atoms with Crippen molar-refractivity contribution in [3.8, 4) is 0 Å². The van der Waals surface area contributed by atoms with Crippen molar-refractivity contribution in [1.82, 2.24) is 5.32 Å². The Morgan fingerprint density at radius 2 is 1.95 bits per heavy atom. The topological polar surface area (TPSA) is 38.3 Å². The fourth-order valence-electron chi connectivity index (χ4n) is 3.68. The highest BCUT2D eigenvalue weighted by atomic mass is 35.5. The molecule has 1 aliphatic heterocycles. The number of rotatable bonds is 2. The van der Waals surface area contributed by atoms with Gasteiger partial charge in [0, 0.05) is 0 Å². The molecule has 1 aromatic rings. The molecule has 3 rings (SSSR count). The highest BCUT2D eigenvalue weighted by Crippen LogP contribution is 2.37. The first-order valence-electron chi connectivity index (χ1n) is 7.66. The van der Waals surface area contributed by atoms with Crippen LogP contribution in [0.2, 0.25) is 0 Å². The summed E-state index contributed by atoms with van der Waals surface area (Å²) in [5, 5.41) is 3.08. The van der Waals surface area contributed by atoms with Crippen LogP contribution in [0.15, 0.2) is 24.3 Å². The highest BCUT2D eigenvalue weighted by molar-refractivity contribution is 6.21. The number of benzene rings is 1. The standard InChI is InChI=1S/C17H22ClNO2/c1-9-10(2)21-11(3)15(9)17(20)19-16-13-7-5-4-6-12(13)8-14(16)18/h4-7,9-11,14-16H,8H2,1-3H3,(H,19,20). The van der Waals surface area contributed by atoms with Crippen LogP contribution >= 0.6 is 11.6 Å². The third kappa shape index (κ3) is 2.58. The lowest BCUT2D eigenvalue weighted by atomic mass is 9.88. The lowest BCUT2D eigenvalue weighted by molar-refractivity contribution is -0.127. The van der Waals surface area contributed by atoms with Crippen molar-refractivity contribution in [2.45, 2.75) is 50.8 Å². The summed E-state index contributed by atoms with van der Waals surface area (Å²) < 4.78 is 5.77. The Kier molecular flexibility index (Phi) is 3.98. The molecule has 0 spiro atoms. The Labute approximate surface area is 131 Å². The van der Waals surface area contributed by atoms with Gasteiger partial charge < -0.3 is 10.1 Å². The quantitative estimate of drug-likeness (QED) is 0.853. The number of halogens is 1. The number of hydrogen-bond acceptors (Lipinski definition) is 2. The van der Waals surface area contributed by atoms with Crippen molar-refractivity contribution in [2.24, 2.45) is 11.8 Å². The molecule has 0 bridgehead atoms. The van der Waals surface area contributed by atoms with E-state index in [4.69, 9.17) is 16.3 Å². The van der Waals surface area contributed by atoms with Crippen LogP contribution in [-0.2, 0) is 16.0 Å². The average molecular weight is 308 g/mol. The Morgan fingerprint density at radius 1 is 1.24 bits per heavy atom. The summed E-state index contributed by atoms with van der Waals surface area (Å²) in [6.07, 6.45) is 0.893. The van der Waals surface area contributed by atoms with Crippen molar-refractivity contribution < 1.29 is 9.53 Å². The molecule has 4 heteroatoms. The number of carbonyl (C=O) groups is 1. The Bertz CT molecular complexity index is 547. The van der Waals surface area contributed by atoms with E-state index in [1.165, 1.54) is 5.56 Å². The SMILES string of the molecule is CC1OC(C)C(C(=O)NC2c3ccccc3CC2Cl)C1C. The molecule has 1 saturated heterocycles. The van der Waals surface area contributed by atoms with Gasteiger partial charge in [-0.15, -0.1) is 11.6 Å². The molecule has 21 heavy (non-hydrogen) atoms. The molecular weight excluding hydrogens is 286 g/mol. The first-order valence-corrected chi connectivity index (χ1v) is 8.10. The molecule has 3 nitrogen and oxygen atoms in total. The molecule has 1 aromatic carbocycles. The van der Waals surface area contributed by atoms with Gasteiger partial charge in [0.25, 0.3) is 0 Å². The van der Waals surface area contributed by atoms with E-state index in [0.717, 1.165) is 12.0 Å². The number of ether oxygens (including phenoxy) is 1. The Balaban J connectivity index is 1.76. The second-order valence-corrected chi connectivity index (χ2v) is 6.90. The van der Waals surface area contributed by atoms with Crippen LogP contribution in [0.5, 0.6) is 0 Å². The molecular formula is C17H22ClNO2. The summed E-state index contributed by atoms with van der Waals surface area (Å²) in [5.74, 6) is 0.189. The van der Waals surface area contributed by atoms with E-state index < -0.39 is 0 Å². The molecule has 1 aliphatic carbocycles. The predicted molar refractivity (Wildman–Crippen MR) is 83.3 cm³/mol. The Hall–Kier alpha value is -1.06. The number of carbonyl (C=O) groups excluding carboxylic acids is 1. The fraction of sp³-hybridized carbons (Fsp3) is 0.588. The molecule has 1 fully saturated rings. The summed E-state index contributed by atoms with van der Waals surface area (Å²) in [6.45, 7) is 6.09. The molecule has 0 aromatic heterocycles. The van der Waals surface area contributed by atoms with Gasteiger partial charge in [-0.25, -0.2) is 0 Å². The summed E-state index contributed by atoms with van der Waals surface area (Å²) in [7, 11) is 0. The summed E-state index contributed by atoms with van der Waals surface area (Å²) in [4.78, 5) is 12.7. The normalized spacial score (nSPS) is 38.3. The Morgan fingerprint density at radius 3 is 2.62 bits per heavy atom. The minimum atomic E-state index is -0.100. The van der Waals surface area contributed by atoms with Gasteiger partial charge in [0.05, 0.1) is 29.5 Å². The van der Waals surface area contributed by atoms with E-state index in [2.05, 4.69) is 24.4 Å². The van der Waals surface area contributed by atoms with Crippen LogP contribution in [0.25, 0.3) is 0 Å². The van der Waals surface area contributed by atoms with Crippen LogP contribution in [0.3, 0.4) is 0 Å². The lowest BCUT2D eigenvalue weighted by Gasteiger charge is -2.23. The van der Waals surface area contributed by atoms with E-state index in [9.17, 15) is 4.79 Å². The molecule has 0 saturated carbocycles. The molecule has 1 amide bonds. The van der Waals surface area contributed by atoms with E-state index in [-0.39, 0.29) is 41.4 Å². The number of amides is 1. The first kappa shape index (κ1) is 14.9. The molecule has 6 atom stereocenters. The molecule has 1 N–H and O–H groups in total. The van der Waals surface area contributed by atoms with E-state index >= 15 is 0 Å². The second kappa shape index (κ2) is 5.62. The zero-order valence-corrected chi connectivity index (χ0v) is 13.4. The summed E-state index contributed by atoms with van der Waals surface area (Å²) in [5.41, 5.74) is 2.39. The molecule has 1 heterocycles. The molecule has 0 radical (unpaired) electrons. The van der Waals surface area contributed by atoms with E-state index in [0.29, 0.717) is 0 Å². The highest BCUT2D eigenvalue weighted by Gasteiger charge is 2.43. The van der Waals surface area contributed by atoms with Gasteiger partial charge in [-0.05, 0) is 37.3 Å². The summed E-state index contributed by atoms with van der Waals surface area (Å²) in [6, 6.07) is 8.07. The van der Waals surface area contributed by atoms with Crippen LogP contribution in [0.4, 0.5) is 0 Å². The number of alkyl halides is 1. The smallest absolute Gasteiger partial charge is 0.226 e. The van der Waals surface area contributed by atoms with Gasteiger partial charge >= 0.3 is 0 Å². The second-order valence-electron chi connectivity index (χ2n) is 6.34. The minimum Gasteiger partial charge on any atom is -0.374 e. The largest absolute Gasteiger partial charge is 0.374 e. The van der Waals surface area contributed by atoms with Gasteiger partial charge in [0.2, 0.25) is 5.91 Å². The molecule has 2 aliphatic rings.